The Kier molecular flexibility index (Phi) is 5.87. The van der Waals surface area contributed by atoms with Gasteiger partial charge in [0, 0.05) is 35.6 Å². The first kappa shape index (κ1) is 21.5. The predicted molar refractivity (Wildman–Crippen MR) is 134 cm³/mol. The van der Waals surface area contributed by atoms with Crippen LogP contribution in [0, 0.1) is 13.8 Å². The fraction of sp³-hybridized carbons (Fsp3) is 0.143. The molecule has 0 bridgehead atoms. The summed E-state index contributed by atoms with van der Waals surface area (Å²) >= 11 is 0. The molecule has 3 aromatic heterocycles. The highest BCUT2D eigenvalue weighted by Gasteiger charge is 2.14. The summed E-state index contributed by atoms with van der Waals surface area (Å²) in [6.07, 6.45) is 4.20. The van der Waals surface area contributed by atoms with E-state index in [4.69, 9.17) is 4.98 Å². The fourth-order valence-corrected chi connectivity index (χ4v) is 4.14. The Morgan fingerprint density at radius 3 is 2.44 bits per heavy atom. The maximum absolute atomic E-state index is 13.1. The normalized spacial score (nSPS) is 11.0. The first-order valence-corrected chi connectivity index (χ1v) is 11.3. The highest BCUT2D eigenvalue weighted by molar-refractivity contribution is 6.07. The van der Waals surface area contributed by atoms with Crippen molar-refractivity contribution in [3.8, 4) is 16.9 Å². The minimum atomic E-state index is -0.104. The topological polar surface area (TPSA) is 72.7 Å². The second-order valence-electron chi connectivity index (χ2n) is 8.32. The largest absolute Gasteiger partial charge is 0.352 e. The highest BCUT2D eigenvalue weighted by atomic mass is 16.1. The molecule has 0 aliphatic rings. The van der Waals surface area contributed by atoms with E-state index >= 15 is 0 Å². The predicted octanol–water partition coefficient (Wildman–Crippen LogP) is 5.07. The Bertz CT molecular complexity index is 1460. The number of aryl methyl sites for hydroxylation is 2. The van der Waals surface area contributed by atoms with Gasteiger partial charge in [-0.3, -0.25) is 9.78 Å². The molecular weight excluding hydrogens is 422 g/mol. The summed E-state index contributed by atoms with van der Waals surface area (Å²) in [5.41, 5.74) is 7.39. The van der Waals surface area contributed by atoms with Gasteiger partial charge in [0.25, 0.3) is 5.91 Å². The van der Waals surface area contributed by atoms with Crippen LogP contribution >= 0.6 is 0 Å². The van der Waals surface area contributed by atoms with Gasteiger partial charge in [-0.2, -0.15) is 5.10 Å². The summed E-state index contributed by atoms with van der Waals surface area (Å²) in [7, 11) is 0. The van der Waals surface area contributed by atoms with Crippen LogP contribution in [-0.4, -0.2) is 32.2 Å². The summed E-state index contributed by atoms with van der Waals surface area (Å²) in [6, 6.07) is 23.7. The fourth-order valence-electron chi connectivity index (χ4n) is 4.14. The molecule has 0 spiro atoms. The van der Waals surface area contributed by atoms with Gasteiger partial charge < -0.3 is 5.32 Å². The number of benzene rings is 2. The number of hydrogen-bond acceptors (Lipinski definition) is 4. The molecule has 1 amide bonds. The molecule has 3 heterocycles. The molecule has 0 saturated carbocycles. The van der Waals surface area contributed by atoms with Crippen LogP contribution < -0.4 is 5.32 Å². The summed E-state index contributed by atoms with van der Waals surface area (Å²) in [6.45, 7) is 4.58. The zero-order valence-corrected chi connectivity index (χ0v) is 19.2. The lowest BCUT2D eigenvalue weighted by Crippen LogP contribution is -2.26. The van der Waals surface area contributed by atoms with E-state index in [1.165, 1.54) is 0 Å². The number of rotatable bonds is 6. The Balaban J connectivity index is 1.31. The van der Waals surface area contributed by atoms with Crippen molar-refractivity contribution in [2.45, 2.75) is 20.3 Å². The van der Waals surface area contributed by atoms with E-state index < -0.39 is 0 Å². The van der Waals surface area contributed by atoms with Crippen molar-refractivity contribution in [2.24, 2.45) is 0 Å². The van der Waals surface area contributed by atoms with Crippen molar-refractivity contribution in [1.29, 1.82) is 0 Å². The van der Waals surface area contributed by atoms with Crippen LogP contribution in [0.25, 0.3) is 27.8 Å². The molecule has 0 unspecified atom stereocenters. The minimum Gasteiger partial charge on any atom is -0.352 e. The van der Waals surface area contributed by atoms with Gasteiger partial charge in [-0.25, -0.2) is 9.67 Å². The Hall–Kier alpha value is -4.32. The van der Waals surface area contributed by atoms with Gasteiger partial charge in [-0.1, -0.05) is 30.3 Å². The van der Waals surface area contributed by atoms with Gasteiger partial charge in [-0.05, 0) is 68.3 Å². The molecule has 6 heteroatoms. The monoisotopic (exact) mass is 447 g/mol. The van der Waals surface area contributed by atoms with Crippen molar-refractivity contribution in [2.75, 3.05) is 6.54 Å². The Morgan fingerprint density at radius 2 is 1.71 bits per heavy atom. The molecule has 168 valence electrons. The third-order valence-corrected chi connectivity index (χ3v) is 5.83. The maximum atomic E-state index is 13.1. The number of aromatic nitrogens is 4. The van der Waals surface area contributed by atoms with Crippen LogP contribution in [0.4, 0.5) is 0 Å². The molecular formula is C28H25N5O. The third kappa shape index (κ3) is 4.43. The zero-order valence-electron chi connectivity index (χ0n) is 19.2. The molecule has 0 atom stereocenters. The van der Waals surface area contributed by atoms with E-state index in [1.54, 1.807) is 12.4 Å². The lowest BCUT2D eigenvalue weighted by atomic mass is 10.0. The highest BCUT2D eigenvalue weighted by Crippen LogP contribution is 2.24. The molecule has 0 fully saturated rings. The van der Waals surface area contributed by atoms with Gasteiger partial charge in [0.1, 0.15) is 0 Å². The van der Waals surface area contributed by atoms with Crippen LogP contribution in [0.5, 0.6) is 0 Å². The molecule has 0 radical (unpaired) electrons. The Labute approximate surface area is 198 Å². The van der Waals surface area contributed by atoms with Crippen molar-refractivity contribution in [3.63, 3.8) is 0 Å². The quantitative estimate of drug-likeness (QED) is 0.394. The Morgan fingerprint density at radius 1 is 0.941 bits per heavy atom. The molecule has 6 nitrogen and oxygen atoms in total. The van der Waals surface area contributed by atoms with Gasteiger partial charge >= 0.3 is 0 Å². The van der Waals surface area contributed by atoms with Gasteiger partial charge in [-0.15, -0.1) is 0 Å². The number of nitrogens with zero attached hydrogens (tertiary/aromatic N) is 4. The van der Waals surface area contributed by atoms with Crippen LogP contribution in [0.15, 0.2) is 85.2 Å². The third-order valence-electron chi connectivity index (χ3n) is 5.83. The van der Waals surface area contributed by atoms with Crippen molar-refractivity contribution >= 4 is 16.8 Å². The first-order chi connectivity index (χ1) is 16.6. The van der Waals surface area contributed by atoms with E-state index in [-0.39, 0.29) is 5.91 Å². The molecule has 5 aromatic rings. The number of nitrogens with one attached hydrogen (secondary N) is 1. The summed E-state index contributed by atoms with van der Waals surface area (Å²) < 4.78 is 1.94. The van der Waals surface area contributed by atoms with Crippen LogP contribution in [0.1, 0.15) is 27.3 Å². The van der Waals surface area contributed by atoms with Crippen molar-refractivity contribution in [1.82, 2.24) is 25.1 Å². The lowest BCUT2D eigenvalue weighted by molar-refractivity contribution is 0.0955. The number of pyridine rings is 2. The number of amides is 1. The number of para-hydroxylation sites is 1. The van der Waals surface area contributed by atoms with E-state index in [2.05, 4.69) is 45.7 Å². The molecule has 1 N–H and O–H groups in total. The van der Waals surface area contributed by atoms with Gasteiger partial charge in [0.2, 0.25) is 0 Å². The molecule has 5 rings (SSSR count). The summed E-state index contributed by atoms with van der Waals surface area (Å²) in [4.78, 5) is 22.0. The molecule has 0 saturated heterocycles. The SMILES string of the molecule is Cc1cc(C)n(-c2ccc(CCNC(=O)c3cc(-c4ccncc4)nc4ccccc34)cc2)n1. The first-order valence-electron chi connectivity index (χ1n) is 11.3. The standard InChI is InChI=1S/C28H25N5O/c1-19-17-20(2)33(32-19)23-9-7-21(8-10-23)11-16-30-28(34)25-18-27(22-12-14-29-15-13-22)31-26-6-4-3-5-24(25)26/h3-10,12-15,17-18H,11,16H2,1-2H3,(H,30,34). The molecule has 2 aromatic carbocycles. The maximum Gasteiger partial charge on any atom is 0.252 e. The van der Waals surface area contributed by atoms with E-state index in [0.717, 1.165) is 51.2 Å². The van der Waals surface area contributed by atoms with Gasteiger partial charge in [0.15, 0.2) is 0 Å². The summed E-state index contributed by atoms with van der Waals surface area (Å²) in [5, 5.41) is 8.45. The number of fused-ring (bicyclic) bond motifs is 1. The number of carbonyl (C=O) groups is 1. The van der Waals surface area contributed by atoms with Crippen molar-refractivity contribution < 1.29 is 4.79 Å². The van der Waals surface area contributed by atoms with Crippen LogP contribution in [0.3, 0.4) is 0 Å². The van der Waals surface area contributed by atoms with Crippen LogP contribution in [0.2, 0.25) is 0 Å². The number of hydrogen-bond donors (Lipinski definition) is 1. The molecule has 0 aliphatic carbocycles. The number of carbonyl (C=O) groups excluding carboxylic acids is 1. The van der Waals surface area contributed by atoms with Crippen LogP contribution in [-0.2, 0) is 6.42 Å². The average molecular weight is 448 g/mol. The van der Waals surface area contributed by atoms with E-state index in [9.17, 15) is 4.79 Å². The van der Waals surface area contributed by atoms with E-state index in [1.807, 2.05) is 61.0 Å². The van der Waals surface area contributed by atoms with Crippen molar-refractivity contribution in [3.05, 3.63) is 108 Å². The average Bonchev–Trinajstić information content (AvgIpc) is 3.22. The minimum absolute atomic E-state index is 0.104. The smallest absolute Gasteiger partial charge is 0.252 e. The lowest BCUT2D eigenvalue weighted by Gasteiger charge is -2.11. The van der Waals surface area contributed by atoms with Gasteiger partial charge in [0.05, 0.1) is 28.2 Å². The van der Waals surface area contributed by atoms with E-state index in [0.29, 0.717) is 12.1 Å². The second-order valence-corrected chi connectivity index (χ2v) is 8.32. The zero-order chi connectivity index (χ0) is 23.5. The molecule has 34 heavy (non-hydrogen) atoms. The molecule has 0 aliphatic heterocycles. The second kappa shape index (κ2) is 9.27. The summed E-state index contributed by atoms with van der Waals surface area (Å²) in [5.74, 6) is -0.104.